The van der Waals surface area contributed by atoms with Crippen molar-refractivity contribution >= 4 is 5.96 Å². The van der Waals surface area contributed by atoms with Gasteiger partial charge in [-0.15, -0.1) is 0 Å². The summed E-state index contributed by atoms with van der Waals surface area (Å²) in [6.45, 7) is 7.54. The SMILES string of the molecule is CCNC(=NCc1cccc(Cn2ccnc2)c1)NCCCOCC1CCCO1. The molecule has 29 heavy (non-hydrogen) atoms. The molecule has 7 heteroatoms. The number of guanidine groups is 1. The summed E-state index contributed by atoms with van der Waals surface area (Å²) in [6.07, 6.45) is 9.13. The zero-order valence-corrected chi connectivity index (χ0v) is 17.3. The Morgan fingerprint density at radius 2 is 2.28 bits per heavy atom. The summed E-state index contributed by atoms with van der Waals surface area (Å²) >= 11 is 0. The van der Waals surface area contributed by atoms with Crippen LogP contribution in [0, 0.1) is 0 Å². The number of hydrogen-bond acceptors (Lipinski definition) is 4. The van der Waals surface area contributed by atoms with Crippen molar-refractivity contribution in [3.05, 3.63) is 54.1 Å². The summed E-state index contributed by atoms with van der Waals surface area (Å²) in [5.41, 5.74) is 2.44. The number of benzene rings is 1. The van der Waals surface area contributed by atoms with Crippen molar-refractivity contribution in [2.24, 2.45) is 4.99 Å². The molecule has 1 aliphatic rings. The normalized spacial score (nSPS) is 16.9. The van der Waals surface area contributed by atoms with Crippen LogP contribution in [-0.4, -0.2) is 54.5 Å². The lowest BCUT2D eigenvalue weighted by molar-refractivity contribution is 0.0168. The van der Waals surface area contributed by atoms with E-state index in [-0.39, 0.29) is 0 Å². The number of nitrogens with zero attached hydrogens (tertiary/aromatic N) is 3. The van der Waals surface area contributed by atoms with E-state index in [4.69, 9.17) is 14.5 Å². The summed E-state index contributed by atoms with van der Waals surface area (Å²) in [6, 6.07) is 8.53. The van der Waals surface area contributed by atoms with E-state index in [2.05, 4.69) is 51.4 Å². The maximum Gasteiger partial charge on any atom is 0.191 e. The summed E-state index contributed by atoms with van der Waals surface area (Å²) in [7, 11) is 0. The summed E-state index contributed by atoms with van der Waals surface area (Å²) in [5.74, 6) is 0.839. The molecule has 0 bridgehead atoms. The second kappa shape index (κ2) is 12.2. The summed E-state index contributed by atoms with van der Waals surface area (Å²) in [4.78, 5) is 8.81. The van der Waals surface area contributed by atoms with E-state index < -0.39 is 0 Å². The molecule has 1 aromatic heterocycles. The number of imidazole rings is 1. The lowest BCUT2D eigenvalue weighted by atomic mass is 10.1. The second-order valence-electron chi connectivity index (χ2n) is 7.24. The average molecular weight is 400 g/mol. The van der Waals surface area contributed by atoms with Crippen LogP contribution < -0.4 is 10.6 Å². The molecule has 2 N–H and O–H groups in total. The molecule has 1 unspecified atom stereocenters. The molecule has 0 radical (unpaired) electrons. The van der Waals surface area contributed by atoms with Crippen LogP contribution in [0.2, 0.25) is 0 Å². The van der Waals surface area contributed by atoms with Crippen molar-refractivity contribution in [3.8, 4) is 0 Å². The van der Waals surface area contributed by atoms with Gasteiger partial charge in [-0.1, -0.05) is 24.3 Å². The number of hydrogen-bond donors (Lipinski definition) is 2. The minimum Gasteiger partial charge on any atom is -0.379 e. The van der Waals surface area contributed by atoms with E-state index in [9.17, 15) is 0 Å². The van der Waals surface area contributed by atoms with Crippen LogP contribution in [0.4, 0.5) is 0 Å². The predicted molar refractivity (Wildman–Crippen MR) is 115 cm³/mol. The van der Waals surface area contributed by atoms with Gasteiger partial charge < -0.3 is 24.7 Å². The Morgan fingerprint density at radius 1 is 1.34 bits per heavy atom. The van der Waals surface area contributed by atoms with Crippen molar-refractivity contribution in [3.63, 3.8) is 0 Å². The van der Waals surface area contributed by atoms with Crippen LogP contribution in [0.3, 0.4) is 0 Å². The Balaban J connectivity index is 1.40. The predicted octanol–water partition coefficient (Wildman–Crippen LogP) is 2.57. The Morgan fingerprint density at radius 3 is 3.07 bits per heavy atom. The van der Waals surface area contributed by atoms with Crippen LogP contribution in [0.15, 0.2) is 48.0 Å². The second-order valence-corrected chi connectivity index (χ2v) is 7.24. The van der Waals surface area contributed by atoms with Gasteiger partial charge in [0.15, 0.2) is 5.96 Å². The van der Waals surface area contributed by atoms with Crippen LogP contribution in [0.1, 0.15) is 37.3 Å². The van der Waals surface area contributed by atoms with Crippen LogP contribution in [-0.2, 0) is 22.6 Å². The highest BCUT2D eigenvalue weighted by molar-refractivity contribution is 5.79. The minimum atomic E-state index is 0.298. The molecule has 1 fully saturated rings. The van der Waals surface area contributed by atoms with E-state index in [1.54, 1.807) is 6.20 Å². The van der Waals surface area contributed by atoms with Gasteiger partial charge >= 0.3 is 0 Å². The number of ether oxygens (including phenoxy) is 2. The Hall–Kier alpha value is -2.38. The molecule has 0 spiro atoms. The van der Waals surface area contributed by atoms with Gasteiger partial charge in [-0.05, 0) is 37.3 Å². The van der Waals surface area contributed by atoms with E-state index in [1.165, 1.54) is 11.1 Å². The quantitative estimate of drug-likeness (QED) is 0.345. The Labute approximate surface area is 173 Å². The van der Waals surface area contributed by atoms with E-state index in [0.29, 0.717) is 19.3 Å². The molecule has 3 rings (SSSR count). The van der Waals surface area contributed by atoms with Crippen LogP contribution in [0.25, 0.3) is 0 Å². The van der Waals surface area contributed by atoms with Crippen molar-refractivity contribution in [1.29, 1.82) is 0 Å². The number of nitrogens with one attached hydrogen (secondary N) is 2. The van der Waals surface area contributed by atoms with Crippen molar-refractivity contribution < 1.29 is 9.47 Å². The van der Waals surface area contributed by atoms with Gasteiger partial charge in [0.25, 0.3) is 0 Å². The first kappa shape index (κ1) is 21.3. The first-order valence-electron chi connectivity index (χ1n) is 10.6. The van der Waals surface area contributed by atoms with Gasteiger partial charge in [-0.2, -0.15) is 0 Å². The van der Waals surface area contributed by atoms with Crippen LogP contribution in [0.5, 0.6) is 0 Å². The van der Waals surface area contributed by atoms with Gasteiger partial charge in [0.2, 0.25) is 0 Å². The van der Waals surface area contributed by atoms with E-state index >= 15 is 0 Å². The topological polar surface area (TPSA) is 72.7 Å². The highest BCUT2D eigenvalue weighted by Gasteiger charge is 2.14. The van der Waals surface area contributed by atoms with Gasteiger partial charge in [0, 0.05) is 45.2 Å². The highest BCUT2D eigenvalue weighted by Crippen LogP contribution is 2.12. The highest BCUT2D eigenvalue weighted by atomic mass is 16.5. The fourth-order valence-electron chi connectivity index (χ4n) is 3.30. The fourth-order valence-corrected chi connectivity index (χ4v) is 3.30. The third kappa shape index (κ3) is 7.87. The molecular formula is C22H33N5O2. The third-order valence-corrected chi connectivity index (χ3v) is 4.77. The standard InChI is InChI=1S/C22H33N5O2/c1-2-24-22(25-9-5-12-28-17-21-8-4-13-29-21)26-15-19-6-3-7-20(14-19)16-27-11-10-23-18-27/h3,6-7,10-11,14,18,21H,2,4-5,8-9,12-13,15-17H2,1H3,(H2,24,25,26). The molecule has 1 aliphatic heterocycles. The number of aliphatic imine (C=N–C) groups is 1. The maximum atomic E-state index is 5.71. The molecule has 7 nitrogen and oxygen atoms in total. The van der Waals surface area contributed by atoms with Gasteiger partial charge in [0.1, 0.15) is 0 Å². The first-order valence-corrected chi connectivity index (χ1v) is 10.6. The van der Waals surface area contributed by atoms with Gasteiger partial charge in [-0.25, -0.2) is 9.98 Å². The monoisotopic (exact) mass is 399 g/mol. The van der Waals surface area contributed by atoms with Gasteiger partial charge in [-0.3, -0.25) is 0 Å². The van der Waals surface area contributed by atoms with Crippen LogP contribution >= 0.6 is 0 Å². The minimum absolute atomic E-state index is 0.298. The average Bonchev–Trinajstić information content (AvgIpc) is 3.43. The molecule has 1 atom stereocenters. The zero-order chi connectivity index (χ0) is 20.2. The van der Waals surface area contributed by atoms with Crippen molar-refractivity contribution in [2.45, 2.75) is 45.4 Å². The van der Waals surface area contributed by atoms with Crippen molar-refractivity contribution in [1.82, 2.24) is 20.2 Å². The molecule has 0 aliphatic carbocycles. The molecule has 158 valence electrons. The third-order valence-electron chi connectivity index (χ3n) is 4.77. The molecule has 2 aromatic rings. The molecular weight excluding hydrogens is 366 g/mol. The fraction of sp³-hybridized carbons (Fsp3) is 0.545. The van der Waals surface area contributed by atoms with E-state index in [1.807, 2.05) is 12.5 Å². The zero-order valence-electron chi connectivity index (χ0n) is 17.3. The molecule has 0 saturated carbocycles. The number of aromatic nitrogens is 2. The maximum absolute atomic E-state index is 5.71. The summed E-state index contributed by atoms with van der Waals surface area (Å²) < 4.78 is 13.3. The lowest BCUT2D eigenvalue weighted by Crippen LogP contribution is -2.38. The largest absolute Gasteiger partial charge is 0.379 e. The van der Waals surface area contributed by atoms with E-state index in [0.717, 1.165) is 58.1 Å². The Bertz CT molecular complexity index is 727. The molecule has 2 heterocycles. The molecule has 1 aromatic carbocycles. The van der Waals surface area contributed by atoms with Crippen molar-refractivity contribution in [2.75, 3.05) is 32.9 Å². The molecule has 1 saturated heterocycles. The lowest BCUT2D eigenvalue weighted by Gasteiger charge is -2.13. The summed E-state index contributed by atoms with van der Waals surface area (Å²) in [5, 5.41) is 6.69. The molecule has 0 amide bonds. The smallest absolute Gasteiger partial charge is 0.191 e. The first-order chi connectivity index (χ1) is 14.3. The van der Waals surface area contributed by atoms with Gasteiger partial charge in [0.05, 0.1) is 25.6 Å². The Kier molecular flexibility index (Phi) is 9.00. The number of rotatable bonds is 11.